The normalized spacial score (nSPS) is 13.9. The molecule has 1 aliphatic heterocycles. The first-order valence-electron chi connectivity index (χ1n) is 5.83. The monoisotopic (exact) mass is 255 g/mol. The average Bonchev–Trinajstić information content (AvgIpc) is 2.63. The maximum Gasteiger partial charge on any atom is 0.266 e. The summed E-state index contributed by atoms with van der Waals surface area (Å²) in [6.45, 7) is 1.92. The molecule has 1 aliphatic rings. The molecule has 94 valence electrons. The molecule has 0 aliphatic carbocycles. The number of aryl methyl sites for hydroxylation is 1. The van der Waals surface area contributed by atoms with Crippen molar-refractivity contribution in [3.05, 3.63) is 65.0 Å². The average molecular weight is 255 g/mol. The van der Waals surface area contributed by atoms with E-state index in [-0.39, 0.29) is 11.1 Å². The van der Waals surface area contributed by atoms with E-state index in [1.165, 1.54) is 12.1 Å². The minimum atomic E-state index is -0.523. The van der Waals surface area contributed by atoms with Crippen LogP contribution in [0, 0.1) is 12.7 Å². The Morgan fingerprint density at radius 2 is 1.53 bits per heavy atom. The van der Waals surface area contributed by atoms with Gasteiger partial charge in [0.2, 0.25) is 0 Å². The van der Waals surface area contributed by atoms with E-state index < -0.39 is 17.6 Å². The molecule has 0 aromatic heterocycles. The van der Waals surface area contributed by atoms with Gasteiger partial charge in [0.15, 0.2) is 0 Å². The van der Waals surface area contributed by atoms with E-state index in [1.54, 1.807) is 12.1 Å². The molecule has 0 radical (unpaired) electrons. The molecule has 0 saturated carbocycles. The van der Waals surface area contributed by atoms with Gasteiger partial charge in [-0.25, -0.2) is 9.29 Å². The van der Waals surface area contributed by atoms with Gasteiger partial charge in [0, 0.05) is 0 Å². The summed E-state index contributed by atoms with van der Waals surface area (Å²) in [7, 11) is 0. The lowest BCUT2D eigenvalue weighted by atomic mass is 10.1. The van der Waals surface area contributed by atoms with E-state index in [9.17, 15) is 14.0 Å². The number of hydrogen-bond donors (Lipinski definition) is 0. The summed E-state index contributed by atoms with van der Waals surface area (Å²) in [6, 6.07) is 10.7. The number of imide groups is 1. The van der Waals surface area contributed by atoms with Gasteiger partial charge >= 0.3 is 0 Å². The van der Waals surface area contributed by atoms with Gasteiger partial charge in [-0.15, -0.1) is 0 Å². The number of hydrogen-bond acceptors (Lipinski definition) is 2. The molecule has 0 unspecified atom stereocenters. The van der Waals surface area contributed by atoms with Crippen molar-refractivity contribution in [3.8, 4) is 0 Å². The SMILES string of the molecule is Cc1ccc(N2C(=O)c3ccc(F)cc3C2=O)cc1. The fraction of sp³-hybridized carbons (Fsp3) is 0.0667. The summed E-state index contributed by atoms with van der Waals surface area (Å²) < 4.78 is 13.2. The third-order valence-corrected chi connectivity index (χ3v) is 3.14. The summed E-state index contributed by atoms with van der Waals surface area (Å²) in [5.74, 6) is -1.42. The summed E-state index contributed by atoms with van der Waals surface area (Å²) in [5, 5.41) is 0. The number of fused-ring (bicyclic) bond motifs is 1. The number of halogens is 1. The van der Waals surface area contributed by atoms with Crippen molar-refractivity contribution in [1.29, 1.82) is 0 Å². The molecule has 0 fully saturated rings. The summed E-state index contributed by atoms with van der Waals surface area (Å²) in [4.78, 5) is 25.4. The highest BCUT2D eigenvalue weighted by atomic mass is 19.1. The van der Waals surface area contributed by atoms with Crippen LogP contribution >= 0.6 is 0 Å². The molecule has 0 bridgehead atoms. The molecule has 2 aromatic carbocycles. The molecule has 0 saturated heterocycles. The number of rotatable bonds is 1. The van der Waals surface area contributed by atoms with Gasteiger partial charge in [0.25, 0.3) is 11.8 Å². The van der Waals surface area contributed by atoms with Crippen LogP contribution in [0.3, 0.4) is 0 Å². The molecule has 0 N–H and O–H groups in total. The summed E-state index contributed by atoms with van der Waals surface area (Å²) in [6.07, 6.45) is 0. The number of carbonyl (C=O) groups excluding carboxylic acids is 2. The molecule has 2 aromatic rings. The third-order valence-electron chi connectivity index (χ3n) is 3.14. The number of amides is 2. The number of anilines is 1. The Morgan fingerprint density at radius 3 is 2.21 bits per heavy atom. The van der Waals surface area contributed by atoms with Crippen molar-refractivity contribution in [2.24, 2.45) is 0 Å². The standard InChI is InChI=1S/C15H10FNO2/c1-9-2-5-11(6-3-9)17-14(18)12-7-4-10(16)8-13(12)15(17)19/h2-8H,1H3. The maximum absolute atomic E-state index is 13.2. The number of carbonyl (C=O) groups is 2. The van der Waals surface area contributed by atoms with Crippen molar-refractivity contribution in [1.82, 2.24) is 0 Å². The van der Waals surface area contributed by atoms with Crippen LogP contribution in [0.15, 0.2) is 42.5 Å². The molecule has 1 heterocycles. The fourth-order valence-electron chi connectivity index (χ4n) is 2.14. The highest BCUT2D eigenvalue weighted by Gasteiger charge is 2.36. The van der Waals surface area contributed by atoms with Gasteiger partial charge in [-0.3, -0.25) is 9.59 Å². The lowest BCUT2D eigenvalue weighted by Crippen LogP contribution is -2.29. The Hall–Kier alpha value is -2.49. The van der Waals surface area contributed by atoms with Crippen LogP contribution in [0.5, 0.6) is 0 Å². The molecule has 19 heavy (non-hydrogen) atoms. The van der Waals surface area contributed by atoms with Crippen molar-refractivity contribution in [3.63, 3.8) is 0 Å². The first-order chi connectivity index (χ1) is 9.08. The minimum Gasteiger partial charge on any atom is -0.268 e. The predicted molar refractivity (Wildman–Crippen MR) is 68.7 cm³/mol. The second kappa shape index (κ2) is 4.02. The summed E-state index contributed by atoms with van der Waals surface area (Å²) in [5.41, 5.74) is 1.89. The topological polar surface area (TPSA) is 37.4 Å². The van der Waals surface area contributed by atoms with Gasteiger partial charge in [-0.1, -0.05) is 17.7 Å². The van der Waals surface area contributed by atoms with Crippen LogP contribution in [0.2, 0.25) is 0 Å². The zero-order valence-electron chi connectivity index (χ0n) is 10.2. The van der Waals surface area contributed by atoms with E-state index in [2.05, 4.69) is 0 Å². The minimum absolute atomic E-state index is 0.116. The lowest BCUT2D eigenvalue weighted by molar-refractivity contribution is 0.0926. The van der Waals surface area contributed by atoms with Gasteiger partial charge < -0.3 is 0 Å². The van der Waals surface area contributed by atoms with Crippen LogP contribution in [-0.2, 0) is 0 Å². The Labute approximate surface area is 109 Å². The Bertz CT molecular complexity index is 692. The van der Waals surface area contributed by atoms with Gasteiger partial charge in [-0.05, 0) is 37.3 Å². The molecule has 0 atom stereocenters. The van der Waals surface area contributed by atoms with Gasteiger partial charge in [0.05, 0.1) is 16.8 Å². The van der Waals surface area contributed by atoms with Crippen molar-refractivity contribution in [2.75, 3.05) is 4.90 Å². The Kier molecular flexibility index (Phi) is 2.45. The first kappa shape index (κ1) is 11.6. The van der Waals surface area contributed by atoms with E-state index >= 15 is 0 Å². The maximum atomic E-state index is 13.2. The Morgan fingerprint density at radius 1 is 0.895 bits per heavy atom. The van der Waals surface area contributed by atoms with Crippen molar-refractivity contribution in [2.45, 2.75) is 6.92 Å². The van der Waals surface area contributed by atoms with Crippen LogP contribution in [0.25, 0.3) is 0 Å². The molecule has 2 amide bonds. The molecule has 3 rings (SSSR count). The second-order valence-corrected chi connectivity index (χ2v) is 4.47. The zero-order valence-corrected chi connectivity index (χ0v) is 10.2. The van der Waals surface area contributed by atoms with Crippen LogP contribution in [0.4, 0.5) is 10.1 Å². The largest absolute Gasteiger partial charge is 0.268 e. The summed E-state index contributed by atoms with van der Waals surface area (Å²) >= 11 is 0. The van der Waals surface area contributed by atoms with E-state index in [1.807, 2.05) is 19.1 Å². The molecule has 3 nitrogen and oxygen atoms in total. The highest BCUT2D eigenvalue weighted by molar-refractivity contribution is 6.34. The van der Waals surface area contributed by atoms with Crippen LogP contribution in [-0.4, -0.2) is 11.8 Å². The van der Waals surface area contributed by atoms with E-state index in [4.69, 9.17) is 0 Å². The molecule has 0 spiro atoms. The van der Waals surface area contributed by atoms with E-state index in [0.29, 0.717) is 5.69 Å². The van der Waals surface area contributed by atoms with Crippen LogP contribution in [0.1, 0.15) is 26.3 Å². The second-order valence-electron chi connectivity index (χ2n) is 4.47. The van der Waals surface area contributed by atoms with Crippen molar-refractivity contribution < 1.29 is 14.0 Å². The lowest BCUT2D eigenvalue weighted by Gasteiger charge is -2.13. The van der Waals surface area contributed by atoms with Crippen molar-refractivity contribution >= 4 is 17.5 Å². The van der Waals surface area contributed by atoms with Gasteiger partial charge in [0.1, 0.15) is 5.82 Å². The van der Waals surface area contributed by atoms with Gasteiger partial charge in [-0.2, -0.15) is 0 Å². The van der Waals surface area contributed by atoms with E-state index in [0.717, 1.165) is 16.5 Å². The quantitative estimate of drug-likeness (QED) is 0.735. The molecule has 4 heteroatoms. The predicted octanol–water partition coefficient (Wildman–Crippen LogP) is 2.93. The molecular weight excluding hydrogens is 245 g/mol. The fourth-order valence-corrected chi connectivity index (χ4v) is 2.14. The highest BCUT2D eigenvalue weighted by Crippen LogP contribution is 2.28. The van der Waals surface area contributed by atoms with Crippen LogP contribution < -0.4 is 4.90 Å². The third kappa shape index (κ3) is 1.73. The molecular formula is C15H10FNO2. The first-order valence-corrected chi connectivity index (χ1v) is 5.83. The zero-order chi connectivity index (χ0) is 13.6. The number of nitrogens with zero attached hydrogens (tertiary/aromatic N) is 1. The number of benzene rings is 2. The smallest absolute Gasteiger partial charge is 0.266 e. The Balaban J connectivity index is 2.10.